The molecule has 1 aliphatic rings. The number of benzene rings is 1. The van der Waals surface area contributed by atoms with Gasteiger partial charge in [-0.25, -0.2) is 0 Å². The van der Waals surface area contributed by atoms with Crippen LogP contribution in [-0.4, -0.2) is 28.9 Å². The van der Waals surface area contributed by atoms with Gasteiger partial charge in [-0.15, -0.1) is 0 Å². The summed E-state index contributed by atoms with van der Waals surface area (Å²) in [5.74, 6) is 0.786. The van der Waals surface area contributed by atoms with Crippen molar-refractivity contribution in [2.75, 3.05) is 13.1 Å². The van der Waals surface area contributed by atoms with Crippen LogP contribution in [0.5, 0.6) is 0 Å². The highest BCUT2D eigenvalue weighted by molar-refractivity contribution is 6.30. The number of hydrogen-bond donors (Lipinski definition) is 0. The molecule has 3 rings (SSSR count). The van der Waals surface area contributed by atoms with E-state index in [1.807, 2.05) is 30.9 Å². The van der Waals surface area contributed by atoms with Crippen LogP contribution in [0.4, 0.5) is 0 Å². The molecule has 1 saturated heterocycles. The third-order valence-corrected chi connectivity index (χ3v) is 5.33. The fourth-order valence-corrected chi connectivity index (χ4v) is 3.80. The van der Waals surface area contributed by atoms with Crippen LogP contribution in [-0.2, 0) is 11.2 Å². The maximum atomic E-state index is 12.2. The molecule has 1 fully saturated rings. The molecule has 0 atom stereocenters. The van der Waals surface area contributed by atoms with Crippen molar-refractivity contribution in [3.8, 4) is 0 Å². The number of hydrogen-bond acceptors (Lipinski definition) is 2. The number of rotatable bonds is 4. The summed E-state index contributed by atoms with van der Waals surface area (Å²) in [5.41, 5.74) is 4.77. The van der Waals surface area contributed by atoms with Gasteiger partial charge < -0.3 is 4.90 Å². The fraction of sp³-hybridized carbons (Fsp3) is 0.455. The van der Waals surface area contributed by atoms with E-state index < -0.39 is 0 Å². The van der Waals surface area contributed by atoms with E-state index in [2.05, 4.69) is 31.2 Å². The lowest BCUT2D eigenvalue weighted by molar-refractivity contribution is -0.135. The molecule has 0 N–H and O–H groups in total. The number of carbonyl (C=O) groups excluding carboxylic acids is 1. The summed E-state index contributed by atoms with van der Waals surface area (Å²) in [6.07, 6.45) is 2.88. The zero-order chi connectivity index (χ0) is 18.7. The topological polar surface area (TPSA) is 33.2 Å². The SMILES string of the molecule is Cc1cc(Cc2ccc(Cl)cc2)cc(C2CCN(C(=O)C(C)C)CC2)n1. The van der Waals surface area contributed by atoms with Crippen LogP contribution in [0.2, 0.25) is 5.02 Å². The van der Waals surface area contributed by atoms with Crippen molar-refractivity contribution in [3.05, 3.63) is 63.9 Å². The molecule has 0 saturated carbocycles. The Kier molecular flexibility index (Phi) is 5.98. The summed E-state index contributed by atoms with van der Waals surface area (Å²) < 4.78 is 0. The first kappa shape index (κ1) is 18.9. The molecule has 1 aromatic carbocycles. The van der Waals surface area contributed by atoms with E-state index in [0.29, 0.717) is 5.92 Å². The lowest BCUT2D eigenvalue weighted by Gasteiger charge is -2.33. The minimum atomic E-state index is 0.0784. The van der Waals surface area contributed by atoms with Gasteiger partial charge in [0.1, 0.15) is 0 Å². The van der Waals surface area contributed by atoms with Crippen molar-refractivity contribution in [1.29, 1.82) is 0 Å². The summed E-state index contributed by atoms with van der Waals surface area (Å²) in [4.78, 5) is 19.0. The van der Waals surface area contributed by atoms with Gasteiger partial charge in [-0.1, -0.05) is 37.6 Å². The molecule has 0 radical (unpaired) electrons. The summed E-state index contributed by atoms with van der Waals surface area (Å²) in [6.45, 7) is 7.68. The number of likely N-dealkylation sites (tertiary alicyclic amines) is 1. The van der Waals surface area contributed by atoms with E-state index in [1.54, 1.807) is 0 Å². The molecule has 1 aromatic heterocycles. The molecule has 2 heterocycles. The third-order valence-electron chi connectivity index (χ3n) is 5.07. The smallest absolute Gasteiger partial charge is 0.225 e. The molecule has 1 amide bonds. The number of amides is 1. The van der Waals surface area contributed by atoms with Crippen LogP contribution < -0.4 is 0 Å². The van der Waals surface area contributed by atoms with Crippen LogP contribution in [0.25, 0.3) is 0 Å². The quantitative estimate of drug-likeness (QED) is 0.759. The predicted octanol–water partition coefficient (Wildman–Crippen LogP) is 5.00. The van der Waals surface area contributed by atoms with Crippen molar-refractivity contribution in [2.45, 2.75) is 46.0 Å². The van der Waals surface area contributed by atoms with Gasteiger partial charge in [0.2, 0.25) is 5.91 Å². The van der Waals surface area contributed by atoms with Gasteiger partial charge in [0.25, 0.3) is 0 Å². The molecule has 0 unspecified atom stereocenters. The zero-order valence-corrected chi connectivity index (χ0v) is 16.6. The van der Waals surface area contributed by atoms with Crippen LogP contribution in [0.3, 0.4) is 0 Å². The maximum absolute atomic E-state index is 12.2. The Labute approximate surface area is 161 Å². The maximum Gasteiger partial charge on any atom is 0.225 e. The lowest BCUT2D eigenvalue weighted by Crippen LogP contribution is -2.40. The standard InChI is InChI=1S/C22H27ClN2O/c1-15(2)22(26)25-10-8-19(9-11-25)21-14-18(12-16(3)24-21)13-17-4-6-20(23)7-5-17/h4-7,12,14-15,19H,8-11,13H2,1-3H3. The fourth-order valence-electron chi connectivity index (χ4n) is 3.68. The van der Waals surface area contributed by atoms with Crippen LogP contribution >= 0.6 is 11.6 Å². The number of carbonyl (C=O) groups is 1. The van der Waals surface area contributed by atoms with Crippen LogP contribution in [0.1, 0.15) is 55.1 Å². The van der Waals surface area contributed by atoms with Crippen molar-refractivity contribution in [3.63, 3.8) is 0 Å². The highest BCUT2D eigenvalue weighted by Gasteiger charge is 2.26. The van der Waals surface area contributed by atoms with Crippen molar-refractivity contribution in [2.24, 2.45) is 5.92 Å². The Balaban J connectivity index is 1.70. The Morgan fingerprint density at radius 2 is 1.81 bits per heavy atom. The summed E-state index contributed by atoms with van der Waals surface area (Å²) in [7, 11) is 0. The third kappa shape index (κ3) is 4.64. The molecule has 138 valence electrons. The summed E-state index contributed by atoms with van der Waals surface area (Å²) >= 11 is 5.98. The average molecular weight is 371 g/mol. The second kappa shape index (κ2) is 8.22. The van der Waals surface area contributed by atoms with Crippen molar-refractivity contribution < 1.29 is 4.79 Å². The van der Waals surface area contributed by atoms with E-state index in [-0.39, 0.29) is 11.8 Å². The largest absolute Gasteiger partial charge is 0.342 e. The van der Waals surface area contributed by atoms with E-state index in [0.717, 1.165) is 43.1 Å². The zero-order valence-electron chi connectivity index (χ0n) is 15.8. The first-order chi connectivity index (χ1) is 12.4. The number of aromatic nitrogens is 1. The van der Waals surface area contributed by atoms with Gasteiger partial charge in [0, 0.05) is 41.3 Å². The summed E-state index contributed by atoms with van der Waals surface area (Å²) in [5, 5.41) is 0.767. The lowest BCUT2D eigenvalue weighted by atomic mass is 9.91. The van der Waals surface area contributed by atoms with Gasteiger partial charge in [-0.3, -0.25) is 9.78 Å². The van der Waals surface area contributed by atoms with Gasteiger partial charge >= 0.3 is 0 Å². The van der Waals surface area contributed by atoms with E-state index in [1.165, 1.54) is 16.8 Å². The second-order valence-corrected chi connectivity index (χ2v) is 8.04. The normalized spacial score (nSPS) is 15.5. The Morgan fingerprint density at radius 1 is 1.15 bits per heavy atom. The van der Waals surface area contributed by atoms with E-state index in [9.17, 15) is 4.79 Å². The van der Waals surface area contributed by atoms with Crippen molar-refractivity contribution in [1.82, 2.24) is 9.88 Å². The van der Waals surface area contributed by atoms with Crippen LogP contribution in [0.15, 0.2) is 36.4 Å². The number of pyridine rings is 1. The monoisotopic (exact) mass is 370 g/mol. The molecule has 26 heavy (non-hydrogen) atoms. The first-order valence-corrected chi connectivity index (χ1v) is 9.81. The van der Waals surface area contributed by atoms with Gasteiger partial charge in [-0.2, -0.15) is 0 Å². The van der Waals surface area contributed by atoms with Gasteiger partial charge in [0.15, 0.2) is 0 Å². The number of piperidine rings is 1. The first-order valence-electron chi connectivity index (χ1n) is 9.43. The highest BCUT2D eigenvalue weighted by atomic mass is 35.5. The van der Waals surface area contributed by atoms with Crippen molar-refractivity contribution >= 4 is 17.5 Å². The molecule has 4 heteroatoms. The number of halogens is 1. The molecule has 3 nitrogen and oxygen atoms in total. The van der Waals surface area contributed by atoms with Gasteiger partial charge in [0.05, 0.1) is 0 Å². The minimum absolute atomic E-state index is 0.0784. The number of nitrogens with zero attached hydrogens (tertiary/aromatic N) is 2. The molecule has 0 bridgehead atoms. The highest BCUT2D eigenvalue weighted by Crippen LogP contribution is 2.29. The average Bonchev–Trinajstić information content (AvgIpc) is 2.62. The molecule has 2 aromatic rings. The van der Waals surface area contributed by atoms with Gasteiger partial charge in [-0.05, 0) is 61.6 Å². The van der Waals surface area contributed by atoms with Crippen LogP contribution in [0, 0.1) is 12.8 Å². The molecule has 0 aliphatic carbocycles. The van der Waals surface area contributed by atoms with E-state index in [4.69, 9.17) is 16.6 Å². The molecular formula is C22H27ClN2O. The Morgan fingerprint density at radius 3 is 2.42 bits per heavy atom. The second-order valence-electron chi connectivity index (χ2n) is 7.60. The minimum Gasteiger partial charge on any atom is -0.342 e. The Hall–Kier alpha value is -1.87. The van der Waals surface area contributed by atoms with E-state index >= 15 is 0 Å². The molecule has 0 spiro atoms. The molecular weight excluding hydrogens is 344 g/mol. The predicted molar refractivity (Wildman–Crippen MR) is 107 cm³/mol. The Bertz CT molecular complexity index is 762. The summed E-state index contributed by atoms with van der Waals surface area (Å²) in [6, 6.07) is 12.4. The molecule has 1 aliphatic heterocycles. The number of aryl methyl sites for hydroxylation is 1.